The first-order chi connectivity index (χ1) is 14.0. The number of hydrogen-bond acceptors (Lipinski definition) is 5. The predicted molar refractivity (Wildman–Crippen MR) is 121 cm³/mol. The van der Waals surface area contributed by atoms with Gasteiger partial charge in [0.1, 0.15) is 11.0 Å². The van der Waals surface area contributed by atoms with E-state index in [4.69, 9.17) is 11.6 Å². The van der Waals surface area contributed by atoms with E-state index in [0.29, 0.717) is 27.7 Å². The molecule has 0 radical (unpaired) electrons. The average molecular weight is 433 g/mol. The minimum absolute atomic E-state index is 0.0197. The van der Waals surface area contributed by atoms with Crippen LogP contribution in [0.3, 0.4) is 0 Å². The summed E-state index contributed by atoms with van der Waals surface area (Å²) in [6.07, 6.45) is 6.90. The Morgan fingerprint density at radius 1 is 1.24 bits per heavy atom. The second-order valence-electron chi connectivity index (χ2n) is 7.55. The van der Waals surface area contributed by atoms with Gasteiger partial charge in [0.15, 0.2) is 5.16 Å². The van der Waals surface area contributed by atoms with Crippen molar-refractivity contribution >= 4 is 35.1 Å². The molecular weight excluding hydrogens is 404 g/mol. The number of anilines is 1. The number of rotatable bonds is 8. The summed E-state index contributed by atoms with van der Waals surface area (Å²) in [6.45, 7) is 3.04. The van der Waals surface area contributed by atoms with Crippen LogP contribution in [-0.2, 0) is 5.75 Å². The molecule has 3 rings (SSSR count). The van der Waals surface area contributed by atoms with Crippen molar-refractivity contribution in [3.63, 3.8) is 0 Å². The van der Waals surface area contributed by atoms with Crippen molar-refractivity contribution in [2.24, 2.45) is 0 Å². The third kappa shape index (κ3) is 6.61. The van der Waals surface area contributed by atoms with Crippen LogP contribution < -0.4 is 10.2 Å². The molecule has 1 amide bonds. The maximum Gasteiger partial charge on any atom is 0.251 e. The van der Waals surface area contributed by atoms with Crippen LogP contribution in [0.2, 0.25) is 5.15 Å². The Morgan fingerprint density at radius 2 is 2.03 bits per heavy atom. The van der Waals surface area contributed by atoms with Crippen LogP contribution in [0.1, 0.15) is 61.4 Å². The maximum atomic E-state index is 12.6. The van der Waals surface area contributed by atoms with Gasteiger partial charge in [-0.25, -0.2) is 9.97 Å². The molecular formula is C22H29ClN4OS. The third-order valence-corrected chi connectivity index (χ3v) is 6.22. The molecule has 29 heavy (non-hydrogen) atoms. The Labute approximate surface area is 182 Å². The van der Waals surface area contributed by atoms with Crippen LogP contribution in [0, 0.1) is 0 Å². The highest BCUT2D eigenvalue weighted by atomic mass is 35.5. The summed E-state index contributed by atoms with van der Waals surface area (Å²) in [4.78, 5) is 23.6. The molecule has 1 aromatic heterocycles. The van der Waals surface area contributed by atoms with Gasteiger partial charge in [-0.15, -0.1) is 0 Å². The van der Waals surface area contributed by atoms with Crippen LogP contribution in [0.5, 0.6) is 0 Å². The molecule has 0 bridgehead atoms. The lowest BCUT2D eigenvalue weighted by molar-refractivity contribution is 0.0927. The van der Waals surface area contributed by atoms with Crippen molar-refractivity contribution in [2.75, 3.05) is 18.5 Å². The molecule has 1 N–H and O–H groups in total. The Bertz CT molecular complexity index is 826. The van der Waals surface area contributed by atoms with E-state index in [9.17, 15) is 4.79 Å². The zero-order chi connectivity index (χ0) is 20.6. The monoisotopic (exact) mass is 432 g/mol. The zero-order valence-corrected chi connectivity index (χ0v) is 18.7. The minimum Gasteiger partial charge on any atom is -0.360 e. The first-order valence-electron chi connectivity index (χ1n) is 10.3. The molecule has 5 nitrogen and oxygen atoms in total. The number of hydrogen-bond donors (Lipinski definition) is 1. The van der Waals surface area contributed by atoms with Gasteiger partial charge in [0.05, 0.1) is 0 Å². The van der Waals surface area contributed by atoms with Gasteiger partial charge >= 0.3 is 0 Å². The lowest BCUT2D eigenvalue weighted by Crippen LogP contribution is -2.36. The van der Waals surface area contributed by atoms with Crippen molar-refractivity contribution in [1.29, 1.82) is 0 Å². The maximum absolute atomic E-state index is 12.6. The van der Waals surface area contributed by atoms with Gasteiger partial charge in [0.2, 0.25) is 0 Å². The zero-order valence-electron chi connectivity index (χ0n) is 17.2. The van der Waals surface area contributed by atoms with E-state index in [-0.39, 0.29) is 5.91 Å². The first kappa shape index (κ1) is 21.9. The van der Waals surface area contributed by atoms with Crippen molar-refractivity contribution < 1.29 is 4.79 Å². The molecule has 1 aromatic carbocycles. The molecule has 1 heterocycles. The largest absolute Gasteiger partial charge is 0.360 e. The summed E-state index contributed by atoms with van der Waals surface area (Å²) < 4.78 is 0. The number of halogens is 1. The van der Waals surface area contributed by atoms with E-state index < -0.39 is 0 Å². The number of aromatic nitrogens is 2. The first-order valence-corrected chi connectivity index (χ1v) is 11.7. The molecule has 156 valence electrons. The molecule has 7 heteroatoms. The minimum atomic E-state index is 0.0197. The van der Waals surface area contributed by atoms with Crippen molar-refractivity contribution in [3.05, 3.63) is 46.6 Å². The van der Waals surface area contributed by atoms with Crippen LogP contribution in [-0.4, -0.2) is 35.5 Å². The van der Waals surface area contributed by atoms with Gasteiger partial charge < -0.3 is 10.2 Å². The van der Waals surface area contributed by atoms with Crippen molar-refractivity contribution in [2.45, 2.75) is 62.4 Å². The average Bonchev–Trinajstić information content (AvgIpc) is 2.73. The summed E-state index contributed by atoms with van der Waals surface area (Å²) in [5.74, 6) is 1.53. The summed E-state index contributed by atoms with van der Waals surface area (Å²) in [7, 11) is 2.00. The van der Waals surface area contributed by atoms with E-state index in [1.807, 2.05) is 31.3 Å². The molecule has 0 saturated heterocycles. The third-order valence-electron chi connectivity index (χ3n) is 5.11. The van der Waals surface area contributed by atoms with Crippen molar-refractivity contribution in [1.82, 2.24) is 15.3 Å². The smallest absolute Gasteiger partial charge is 0.251 e. The fraction of sp³-hybridized carbons (Fsp3) is 0.500. The van der Waals surface area contributed by atoms with Crippen LogP contribution in [0.4, 0.5) is 5.82 Å². The fourth-order valence-electron chi connectivity index (χ4n) is 3.56. The number of nitrogens with zero attached hydrogens (tertiary/aromatic N) is 3. The Kier molecular flexibility index (Phi) is 8.19. The quantitative estimate of drug-likeness (QED) is 0.347. The Balaban J connectivity index is 1.62. The number of carbonyl (C=O) groups is 1. The molecule has 1 fully saturated rings. The van der Waals surface area contributed by atoms with Gasteiger partial charge in [-0.1, -0.05) is 61.7 Å². The number of carbonyl (C=O) groups excluding carboxylic acids is 1. The highest BCUT2D eigenvalue weighted by molar-refractivity contribution is 7.98. The van der Waals surface area contributed by atoms with Gasteiger partial charge in [0, 0.05) is 37.0 Å². The standard InChI is InChI=1S/C22H29ClN4OS/c1-3-12-27(2)20-14-19(23)25-22(26-20)29-15-16-8-7-9-17(13-16)21(28)24-18-10-5-4-6-11-18/h7-9,13-14,18H,3-6,10-12,15H2,1-2H3,(H,24,28). The summed E-state index contributed by atoms with van der Waals surface area (Å²) in [5, 5.41) is 4.27. The molecule has 0 aliphatic heterocycles. The van der Waals surface area contributed by atoms with E-state index in [0.717, 1.165) is 37.2 Å². The normalized spacial score (nSPS) is 14.6. The van der Waals surface area contributed by atoms with Crippen molar-refractivity contribution in [3.8, 4) is 0 Å². The molecule has 0 spiro atoms. The van der Waals surface area contributed by atoms with Crippen LogP contribution in [0.15, 0.2) is 35.5 Å². The molecule has 1 aliphatic carbocycles. The molecule has 2 aromatic rings. The summed E-state index contributed by atoms with van der Waals surface area (Å²) in [5.41, 5.74) is 1.78. The van der Waals surface area contributed by atoms with E-state index >= 15 is 0 Å². The molecule has 0 atom stereocenters. The van der Waals surface area contributed by atoms with Gasteiger partial charge in [-0.2, -0.15) is 0 Å². The van der Waals surface area contributed by atoms with E-state index in [1.54, 1.807) is 6.07 Å². The van der Waals surface area contributed by atoms with Crippen LogP contribution >= 0.6 is 23.4 Å². The lowest BCUT2D eigenvalue weighted by Gasteiger charge is -2.22. The van der Waals surface area contributed by atoms with Gasteiger partial charge in [-0.3, -0.25) is 4.79 Å². The number of thioether (sulfide) groups is 1. The predicted octanol–water partition coefficient (Wildman–Crippen LogP) is 5.33. The molecule has 1 aliphatic rings. The van der Waals surface area contributed by atoms with Gasteiger partial charge in [-0.05, 0) is 37.0 Å². The van der Waals surface area contributed by atoms with E-state index in [2.05, 4.69) is 27.1 Å². The highest BCUT2D eigenvalue weighted by Gasteiger charge is 2.17. The SMILES string of the molecule is CCCN(C)c1cc(Cl)nc(SCc2cccc(C(=O)NC3CCCCC3)c2)n1. The molecule has 0 unspecified atom stereocenters. The summed E-state index contributed by atoms with van der Waals surface area (Å²) in [6, 6.07) is 9.90. The highest BCUT2D eigenvalue weighted by Crippen LogP contribution is 2.25. The second kappa shape index (κ2) is 10.8. The number of amides is 1. The lowest BCUT2D eigenvalue weighted by atomic mass is 9.95. The second-order valence-corrected chi connectivity index (χ2v) is 8.88. The van der Waals surface area contributed by atoms with E-state index in [1.165, 1.54) is 31.0 Å². The summed E-state index contributed by atoms with van der Waals surface area (Å²) >= 11 is 7.72. The number of benzene rings is 1. The number of nitrogens with one attached hydrogen (secondary N) is 1. The topological polar surface area (TPSA) is 58.1 Å². The fourth-order valence-corrected chi connectivity index (χ4v) is 4.59. The Morgan fingerprint density at radius 3 is 2.79 bits per heavy atom. The Hall–Kier alpha value is -1.79. The van der Waals surface area contributed by atoms with Gasteiger partial charge in [0.25, 0.3) is 5.91 Å². The van der Waals surface area contributed by atoms with Crippen LogP contribution in [0.25, 0.3) is 0 Å². The molecule has 1 saturated carbocycles.